The number of rotatable bonds is 7. The van der Waals surface area contributed by atoms with Gasteiger partial charge in [-0.1, -0.05) is 6.92 Å². The van der Waals surface area contributed by atoms with Crippen LogP contribution in [-0.4, -0.2) is 60.0 Å². The standard InChI is InChI=1S/C11H19N3O3/c1-4-9(11(16)17)14(3)8-10(15)13(2)7-5-6-12/h9H,4-5,7-8H2,1-3H3,(H,16,17). The Labute approximate surface area is 101 Å². The van der Waals surface area contributed by atoms with Gasteiger partial charge < -0.3 is 10.0 Å². The van der Waals surface area contributed by atoms with Crippen molar-refractivity contribution in [1.82, 2.24) is 9.80 Å². The Morgan fingerprint density at radius 1 is 1.41 bits per heavy atom. The molecule has 0 saturated heterocycles. The largest absolute Gasteiger partial charge is 0.480 e. The van der Waals surface area contributed by atoms with Crippen LogP contribution in [0.15, 0.2) is 0 Å². The fourth-order valence-electron chi connectivity index (χ4n) is 1.46. The second-order valence-electron chi connectivity index (χ2n) is 3.90. The molecule has 0 spiro atoms. The number of aliphatic carboxylic acids is 1. The van der Waals surface area contributed by atoms with Crippen LogP contribution in [0.2, 0.25) is 0 Å². The molecule has 0 radical (unpaired) electrons. The summed E-state index contributed by atoms with van der Waals surface area (Å²) < 4.78 is 0. The van der Waals surface area contributed by atoms with Crippen LogP contribution < -0.4 is 0 Å². The van der Waals surface area contributed by atoms with E-state index >= 15 is 0 Å². The van der Waals surface area contributed by atoms with Crippen molar-refractivity contribution in [2.24, 2.45) is 0 Å². The Hall–Kier alpha value is -1.61. The molecule has 0 rings (SSSR count). The molecule has 17 heavy (non-hydrogen) atoms. The lowest BCUT2D eigenvalue weighted by Crippen LogP contribution is -2.44. The molecular formula is C11H19N3O3. The zero-order valence-corrected chi connectivity index (χ0v) is 10.5. The van der Waals surface area contributed by atoms with E-state index in [1.54, 1.807) is 21.0 Å². The molecule has 6 nitrogen and oxygen atoms in total. The SMILES string of the molecule is CCC(C(=O)O)N(C)CC(=O)N(C)CCC#N. The topological polar surface area (TPSA) is 84.6 Å². The van der Waals surface area contributed by atoms with Crippen LogP contribution in [0.5, 0.6) is 0 Å². The molecule has 1 N–H and O–H groups in total. The Balaban J connectivity index is 4.28. The first-order valence-electron chi connectivity index (χ1n) is 5.48. The fourth-order valence-corrected chi connectivity index (χ4v) is 1.46. The van der Waals surface area contributed by atoms with Gasteiger partial charge in [-0.25, -0.2) is 0 Å². The van der Waals surface area contributed by atoms with Gasteiger partial charge in [-0.15, -0.1) is 0 Å². The van der Waals surface area contributed by atoms with E-state index in [4.69, 9.17) is 10.4 Å². The fraction of sp³-hybridized carbons (Fsp3) is 0.727. The van der Waals surface area contributed by atoms with E-state index in [0.29, 0.717) is 13.0 Å². The molecule has 0 aromatic heterocycles. The maximum atomic E-state index is 11.7. The summed E-state index contributed by atoms with van der Waals surface area (Å²) in [5, 5.41) is 17.3. The second-order valence-corrected chi connectivity index (χ2v) is 3.90. The third-order valence-corrected chi connectivity index (χ3v) is 2.57. The lowest BCUT2D eigenvalue weighted by atomic mass is 10.2. The lowest BCUT2D eigenvalue weighted by molar-refractivity contribution is -0.144. The predicted octanol–water partition coefficient (Wildman–Crippen LogP) is 0.153. The van der Waals surface area contributed by atoms with Crippen LogP contribution >= 0.6 is 0 Å². The summed E-state index contributed by atoms with van der Waals surface area (Å²) in [5.41, 5.74) is 0. The maximum absolute atomic E-state index is 11.7. The number of likely N-dealkylation sites (N-methyl/N-ethyl adjacent to an activating group) is 2. The average Bonchev–Trinajstić information content (AvgIpc) is 2.25. The maximum Gasteiger partial charge on any atom is 0.320 e. The molecule has 0 aliphatic heterocycles. The summed E-state index contributed by atoms with van der Waals surface area (Å²) in [6, 6.07) is 1.31. The van der Waals surface area contributed by atoms with Gasteiger partial charge in [-0.05, 0) is 13.5 Å². The van der Waals surface area contributed by atoms with Crippen LogP contribution in [0.1, 0.15) is 19.8 Å². The molecule has 0 aliphatic rings. The van der Waals surface area contributed by atoms with Crippen molar-refractivity contribution >= 4 is 11.9 Å². The van der Waals surface area contributed by atoms with E-state index in [9.17, 15) is 9.59 Å². The third kappa shape index (κ3) is 5.31. The van der Waals surface area contributed by atoms with Gasteiger partial charge in [-0.2, -0.15) is 5.26 Å². The first kappa shape index (κ1) is 15.4. The van der Waals surface area contributed by atoms with Crippen molar-refractivity contribution in [2.75, 3.05) is 27.2 Å². The highest BCUT2D eigenvalue weighted by Gasteiger charge is 2.23. The molecule has 0 aromatic rings. The Bertz CT molecular complexity index is 312. The third-order valence-electron chi connectivity index (χ3n) is 2.57. The van der Waals surface area contributed by atoms with Gasteiger partial charge in [0.2, 0.25) is 5.91 Å². The van der Waals surface area contributed by atoms with Crippen LogP contribution in [0.4, 0.5) is 0 Å². The zero-order valence-electron chi connectivity index (χ0n) is 10.5. The Kier molecular flexibility index (Phi) is 6.91. The molecule has 0 bridgehead atoms. The summed E-state index contributed by atoms with van der Waals surface area (Å²) in [4.78, 5) is 25.5. The van der Waals surface area contributed by atoms with Crippen LogP contribution in [0, 0.1) is 11.3 Å². The molecule has 6 heteroatoms. The second kappa shape index (κ2) is 7.63. The number of nitriles is 1. The number of nitrogens with zero attached hydrogens (tertiary/aromatic N) is 3. The Morgan fingerprint density at radius 3 is 2.41 bits per heavy atom. The summed E-state index contributed by atoms with van der Waals surface area (Å²) in [6.07, 6.45) is 0.725. The average molecular weight is 241 g/mol. The molecule has 96 valence electrons. The van der Waals surface area contributed by atoms with Gasteiger partial charge in [0.05, 0.1) is 19.0 Å². The molecule has 0 fully saturated rings. The number of hydrogen-bond acceptors (Lipinski definition) is 4. The van der Waals surface area contributed by atoms with E-state index < -0.39 is 12.0 Å². The van der Waals surface area contributed by atoms with E-state index in [-0.39, 0.29) is 18.9 Å². The number of amides is 1. The Morgan fingerprint density at radius 2 is 2.00 bits per heavy atom. The quantitative estimate of drug-likeness (QED) is 0.686. The minimum absolute atomic E-state index is 0.0483. The van der Waals surface area contributed by atoms with E-state index in [2.05, 4.69) is 0 Å². The minimum atomic E-state index is -0.928. The molecule has 1 amide bonds. The molecule has 1 atom stereocenters. The minimum Gasteiger partial charge on any atom is -0.480 e. The summed E-state index contributed by atoms with van der Waals surface area (Å²) >= 11 is 0. The van der Waals surface area contributed by atoms with Gasteiger partial charge in [0, 0.05) is 13.6 Å². The van der Waals surface area contributed by atoms with Crippen LogP contribution in [0.3, 0.4) is 0 Å². The highest BCUT2D eigenvalue weighted by Crippen LogP contribution is 2.02. The number of carbonyl (C=O) groups is 2. The summed E-state index contributed by atoms with van der Waals surface area (Å²) in [7, 11) is 3.22. The van der Waals surface area contributed by atoms with Crippen molar-refractivity contribution in [3.8, 4) is 6.07 Å². The highest BCUT2D eigenvalue weighted by atomic mass is 16.4. The van der Waals surface area contributed by atoms with E-state index in [1.165, 1.54) is 9.80 Å². The zero-order chi connectivity index (χ0) is 13.4. The van der Waals surface area contributed by atoms with Crippen molar-refractivity contribution in [3.05, 3.63) is 0 Å². The van der Waals surface area contributed by atoms with E-state index in [1.807, 2.05) is 6.07 Å². The summed E-state index contributed by atoms with van der Waals surface area (Å²) in [5.74, 6) is -1.11. The van der Waals surface area contributed by atoms with Crippen molar-refractivity contribution in [3.63, 3.8) is 0 Å². The number of hydrogen-bond donors (Lipinski definition) is 1. The first-order valence-corrected chi connectivity index (χ1v) is 5.48. The molecule has 0 aliphatic carbocycles. The van der Waals surface area contributed by atoms with Crippen LogP contribution in [0.25, 0.3) is 0 Å². The highest BCUT2D eigenvalue weighted by molar-refractivity contribution is 5.79. The van der Waals surface area contributed by atoms with Gasteiger partial charge in [0.15, 0.2) is 0 Å². The first-order chi connectivity index (χ1) is 7.93. The number of carboxylic acid groups (broad SMARTS) is 1. The molecule has 0 aromatic carbocycles. The molecule has 1 unspecified atom stereocenters. The summed E-state index contributed by atoms with van der Waals surface area (Å²) in [6.45, 7) is 2.18. The predicted molar refractivity (Wildman–Crippen MR) is 62.2 cm³/mol. The van der Waals surface area contributed by atoms with Crippen molar-refractivity contribution < 1.29 is 14.7 Å². The molecule has 0 saturated carbocycles. The normalized spacial score (nSPS) is 11.9. The molecular weight excluding hydrogens is 222 g/mol. The van der Waals surface area contributed by atoms with E-state index in [0.717, 1.165) is 0 Å². The monoisotopic (exact) mass is 241 g/mol. The van der Waals surface area contributed by atoms with Crippen molar-refractivity contribution in [2.45, 2.75) is 25.8 Å². The van der Waals surface area contributed by atoms with Gasteiger partial charge >= 0.3 is 5.97 Å². The number of carbonyl (C=O) groups excluding carboxylic acids is 1. The number of carboxylic acids is 1. The van der Waals surface area contributed by atoms with Gasteiger partial charge in [-0.3, -0.25) is 14.5 Å². The molecule has 0 heterocycles. The van der Waals surface area contributed by atoms with Gasteiger partial charge in [0.1, 0.15) is 6.04 Å². The lowest BCUT2D eigenvalue weighted by Gasteiger charge is -2.25. The van der Waals surface area contributed by atoms with Crippen LogP contribution in [-0.2, 0) is 9.59 Å². The smallest absolute Gasteiger partial charge is 0.320 e. The van der Waals surface area contributed by atoms with Crippen molar-refractivity contribution in [1.29, 1.82) is 5.26 Å². The van der Waals surface area contributed by atoms with Gasteiger partial charge in [0.25, 0.3) is 0 Å².